The summed E-state index contributed by atoms with van der Waals surface area (Å²) < 4.78 is 37.0. The van der Waals surface area contributed by atoms with E-state index in [1.807, 2.05) is 0 Å². The summed E-state index contributed by atoms with van der Waals surface area (Å²) in [4.78, 5) is 0. The molecule has 0 aliphatic heterocycles. The zero-order valence-electron chi connectivity index (χ0n) is 8.83. The lowest BCUT2D eigenvalue weighted by Gasteiger charge is -2.14. The number of hydrogen-bond donors (Lipinski definition) is 4. The van der Waals surface area contributed by atoms with Crippen molar-refractivity contribution in [1.29, 1.82) is 0 Å². The van der Waals surface area contributed by atoms with Crippen molar-refractivity contribution >= 4 is 11.4 Å². The Morgan fingerprint density at radius 3 is 2.47 bits per heavy atom. The van der Waals surface area contributed by atoms with E-state index in [1.165, 1.54) is 6.07 Å². The molecule has 1 aromatic carbocycles. The van der Waals surface area contributed by atoms with Gasteiger partial charge in [0.15, 0.2) is 0 Å². The van der Waals surface area contributed by atoms with Crippen LogP contribution in [0.5, 0.6) is 0 Å². The quantitative estimate of drug-likeness (QED) is 0.602. The van der Waals surface area contributed by atoms with Crippen LogP contribution in [0.25, 0.3) is 0 Å². The number of benzene rings is 1. The van der Waals surface area contributed by atoms with E-state index in [2.05, 4.69) is 5.32 Å². The highest BCUT2D eigenvalue weighted by atomic mass is 19.4. The van der Waals surface area contributed by atoms with Crippen LogP contribution in [0.2, 0.25) is 0 Å². The second-order valence-electron chi connectivity index (χ2n) is 3.52. The van der Waals surface area contributed by atoms with Crippen LogP contribution in [0.3, 0.4) is 0 Å². The zero-order valence-corrected chi connectivity index (χ0v) is 8.83. The molecule has 0 bridgehead atoms. The molecule has 0 amide bonds. The molecule has 0 radical (unpaired) electrons. The minimum absolute atomic E-state index is 0.00602. The van der Waals surface area contributed by atoms with E-state index in [1.54, 1.807) is 0 Å². The van der Waals surface area contributed by atoms with Gasteiger partial charge in [0.2, 0.25) is 0 Å². The lowest BCUT2D eigenvalue weighted by atomic mass is 10.1. The molecule has 0 heterocycles. The Bertz CT molecular complexity index is 382. The van der Waals surface area contributed by atoms with Gasteiger partial charge in [-0.05, 0) is 18.2 Å². The van der Waals surface area contributed by atoms with E-state index in [4.69, 9.17) is 15.9 Å². The number of nitrogens with two attached hydrogens (primary N) is 1. The Balaban J connectivity index is 2.77. The average Bonchev–Trinajstić information content (AvgIpc) is 2.25. The number of hydrogen-bond acceptors (Lipinski definition) is 4. The summed E-state index contributed by atoms with van der Waals surface area (Å²) in [5.74, 6) is 0. The van der Waals surface area contributed by atoms with Gasteiger partial charge < -0.3 is 21.3 Å². The molecule has 1 rings (SSSR count). The summed E-state index contributed by atoms with van der Waals surface area (Å²) >= 11 is 0. The van der Waals surface area contributed by atoms with Gasteiger partial charge in [-0.15, -0.1) is 0 Å². The molecule has 1 aromatic rings. The van der Waals surface area contributed by atoms with Gasteiger partial charge in [-0.2, -0.15) is 13.2 Å². The molecule has 96 valence electrons. The molecule has 0 spiro atoms. The van der Waals surface area contributed by atoms with Crippen molar-refractivity contribution in [2.45, 2.75) is 12.3 Å². The van der Waals surface area contributed by atoms with Crippen LogP contribution < -0.4 is 11.1 Å². The lowest BCUT2D eigenvalue weighted by molar-refractivity contribution is -0.137. The molecule has 0 fully saturated rings. The molecular weight excluding hydrogens is 237 g/mol. The molecule has 0 aromatic heterocycles. The third-order valence-corrected chi connectivity index (χ3v) is 2.12. The van der Waals surface area contributed by atoms with E-state index in [0.717, 1.165) is 12.1 Å². The molecule has 0 aliphatic carbocycles. The highest BCUT2D eigenvalue weighted by Crippen LogP contribution is 2.32. The Hall–Kier alpha value is -1.47. The number of nitrogen functional groups attached to an aromatic ring is 1. The van der Waals surface area contributed by atoms with Crippen molar-refractivity contribution in [2.75, 3.05) is 24.2 Å². The number of anilines is 2. The van der Waals surface area contributed by atoms with E-state index in [9.17, 15) is 13.2 Å². The van der Waals surface area contributed by atoms with Crippen molar-refractivity contribution in [3.8, 4) is 0 Å². The Morgan fingerprint density at radius 1 is 1.35 bits per heavy atom. The molecule has 0 aliphatic rings. The predicted molar refractivity (Wildman–Crippen MR) is 57.4 cm³/mol. The van der Waals surface area contributed by atoms with Crippen LogP contribution in [-0.2, 0) is 6.18 Å². The minimum Gasteiger partial charge on any atom is -0.397 e. The molecule has 1 atom stereocenters. The second kappa shape index (κ2) is 5.24. The summed E-state index contributed by atoms with van der Waals surface area (Å²) in [6.07, 6.45) is -5.42. The topological polar surface area (TPSA) is 78.5 Å². The van der Waals surface area contributed by atoms with E-state index in [0.29, 0.717) is 0 Å². The van der Waals surface area contributed by atoms with Gasteiger partial charge in [-0.25, -0.2) is 0 Å². The fraction of sp³-hybridized carbons (Fsp3) is 0.400. The van der Waals surface area contributed by atoms with Crippen LogP contribution in [0.1, 0.15) is 5.56 Å². The smallest absolute Gasteiger partial charge is 0.397 e. The first kappa shape index (κ1) is 13.6. The number of aliphatic hydroxyl groups excluding tert-OH is 2. The molecule has 17 heavy (non-hydrogen) atoms. The van der Waals surface area contributed by atoms with Crippen LogP contribution in [0, 0.1) is 0 Å². The Labute approximate surface area is 95.9 Å². The summed E-state index contributed by atoms with van der Waals surface area (Å²) in [6, 6.07) is 2.89. The minimum atomic E-state index is -4.43. The molecule has 7 heteroatoms. The first-order valence-corrected chi connectivity index (χ1v) is 4.84. The maximum Gasteiger partial charge on any atom is 0.416 e. The van der Waals surface area contributed by atoms with E-state index < -0.39 is 24.5 Å². The fourth-order valence-corrected chi connectivity index (χ4v) is 1.19. The van der Waals surface area contributed by atoms with Crippen LogP contribution in [-0.4, -0.2) is 29.5 Å². The Morgan fingerprint density at radius 2 is 2.00 bits per heavy atom. The maximum absolute atomic E-state index is 12.3. The van der Waals surface area contributed by atoms with E-state index in [-0.39, 0.29) is 17.9 Å². The molecule has 5 N–H and O–H groups in total. The van der Waals surface area contributed by atoms with Crippen molar-refractivity contribution in [1.82, 2.24) is 0 Å². The summed E-state index contributed by atoms with van der Waals surface area (Å²) in [6.45, 7) is -0.431. The summed E-state index contributed by atoms with van der Waals surface area (Å²) in [5, 5.41) is 20.3. The highest BCUT2D eigenvalue weighted by Gasteiger charge is 2.30. The predicted octanol–water partition coefficient (Wildman–Crippen LogP) is 1.05. The maximum atomic E-state index is 12.3. The zero-order chi connectivity index (χ0) is 13.1. The van der Waals surface area contributed by atoms with Gasteiger partial charge in [0.25, 0.3) is 0 Å². The van der Waals surface area contributed by atoms with Gasteiger partial charge in [0.05, 0.1) is 29.6 Å². The number of halogens is 3. The normalized spacial score (nSPS) is 13.5. The lowest BCUT2D eigenvalue weighted by Crippen LogP contribution is -2.23. The van der Waals surface area contributed by atoms with Gasteiger partial charge >= 0.3 is 6.18 Å². The van der Waals surface area contributed by atoms with Gasteiger partial charge in [0.1, 0.15) is 0 Å². The second-order valence-corrected chi connectivity index (χ2v) is 3.52. The number of nitrogens with one attached hydrogen (secondary N) is 1. The van der Waals surface area contributed by atoms with Gasteiger partial charge in [-0.1, -0.05) is 0 Å². The first-order chi connectivity index (χ1) is 7.84. The molecule has 0 saturated heterocycles. The summed E-state index contributed by atoms with van der Waals surface area (Å²) in [7, 11) is 0. The highest BCUT2D eigenvalue weighted by molar-refractivity contribution is 5.67. The van der Waals surface area contributed by atoms with Crippen molar-refractivity contribution < 1.29 is 23.4 Å². The fourth-order valence-electron chi connectivity index (χ4n) is 1.19. The van der Waals surface area contributed by atoms with Crippen LogP contribution in [0.4, 0.5) is 24.5 Å². The van der Waals surface area contributed by atoms with Crippen LogP contribution >= 0.6 is 0 Å². The van der Waals surface area contributed by atoms with Crippen molar-refractivity contribution in [2.24, 2.45) is 0 Å². The largest absolute Gasteiger partial charge is 0.416 e. The third kappa shape index (κ3) is 3.79. The van der Waals surface area contributed by atoms with Gasteiger partial charge in [-0.3, -0.25) is 0 Å². The summed E-state index contributed by atoms with van der Waals surface area (Å²) in [5.41, 5.74) is 4.83. The van der Waals surface area contributed by atoms with Crippen molar-refractivity contribution in [3.63, 3.8) is 0 Å². The average molecular weight is 250 g/mol. The van der Waals surface area contributed by atoms with E-state index >= 15 is 0 Å². The van der Waals surface area contributed by atoms with Crippen molar-refractivity contribution in [3.05, 3.63) is 23.8 Å². The third-order valence-electron chi connectivity index (χ3n) is 2.12. The first-order valence-electron chi connectivity index (χ1n) is 4.84. The monoisotopic (exact) mass is 250 g/mol. The van der Waals surface area contributed by atoms with Crippen LogP contribution in [0.15, 0.2) is 18.2 Å². The molecular formula is C10H13F3N2O2. The molecule has 4 nitrogen and oxygen atoms in total. The number of alkyl halides is 3. The standard InChI is InChI=1S/C10H13F3N2O2/c11-10(12,13)6-1-2-9(8(14)3-6)15-4-7(17)5-16/h1-3,7,15-17H,4-5,14H2. The Kier molecular flexibility index (Phi) is 4.19. The molecule has 0 saturated carbocycles. The number of rotatable bonds is 4. The van der Waals surface area contributed by atoms with Gasteiger partial charge in [0, 0.05) is 6.54 Å². The SMILES string of the molecule is Nc1cc(C(F)(F)F)ccc1NCC(O)CO. The molecule has 1 unspecified atom stereocenters. The number of aliphatic hydroxyl groups is 2.